The van der Waals surface area contributed by atoms with E-state index in [0.717, 1.165) is 0 Å². The molecule has 18 heavy (non-hydrogen) atoms. The molecule has 98 valence electrons. The molecule has 2 N–H and O–H groups in total. The number of carboxylic acid groups (broad SMARTS) is 1. The molecule has 0 radical (unpaired) electrons. The van der Waals surface area contributed by atoms with Crippen molar-refractivity contribution < 1.29 is 14.7 Å². The Labute approximate surface area is 109 Å². The predicted octanol–water partition coefficient (Wildman–Crippen LogP) is 0.493. The van der Waals surface area contributed by atoms with E-state index >= 15 is 0 Å². The Kier molecular flexibility index (Phi) is 3.86. The summed E-state index contributed by atoms with van der Waals surface area (Å²) in [6.07, 6.45) is 3.61. The van der Waals surface area contributed by atoms with Gasteiger partial charge in [-0.15, -0.1) is 11.6 Å². The van der Waals surface area contributed by atoms with Gasteiger partial charge in [0.1, 0.15) is 6.04 Å². The first-order valence-electron chi connectivity index (χ1n) is 5.67. The van der Waals surface area contributed by atoms with Crippen LogP contribution in [0.15, 0.2) is 12.5 Å². The highest BCUT2D eigenvalue weighted by molar-refractivity contribution is 6.18. The van der Waals surface area contributed by atoms with E-state index in [1.807, 2.05) is 0 Å². The molecule has 7 heteroatoms. The normalized spacial score (nSPS) is 21.3. The van der Waals surface area contributed by atoms with Crippen LogP contribution in [0, 0.1) is 5.92 Å². The number of hydrogen-bond donors (Lipinski definition) is 2. The van der Waals surface area contributed by atoms with Crippen LogP contribution in [0.5, 0.6) is 0 Å². The Balaban J connectivity index is 2.11. The first-order chi connectivity index (χ1) is 8.61. The average molecular weight is 272 g/mol. The second kappa shape index (κ2) is 5.39. The summed E-state index contributed by atoms with van der Waals surface area (Å²) in [5, 5.41) is 9.25. The minimum atomic E-state index is -1.01. The van der Waals surface area contributed by atoms with Crippen LogP contribution in [0.1, 0.15) is 12.1 Å². The molecule has 6 nitrogen and oxygen atoms in total. The summed E-state index contributed by atoms with van der Waals surface area (Å²) < 4.78 is 0. The highest BCUT2D eigenvalue weighted by atomic mass is 35.5. The fourth-order valence-corrected chi connectivity index (χ4v) is 2.36. The highest BCUT2D eigenvalue weighted by Gasteiger charge is 2.37. The van der Waals surface area contributed by atoms with Gasteiger partial charge in [0.15, 0.2) is 0 Å². The fourth-order valence-electron chi connectivity index (χ4n) is 2.15. The van der Waals surface area contributed by atoms with Crippen molar-refractivity contribution in [2.24, 2.45) is 5.92 Å². The first kappa shape index (κ1) is 12.9. The lowest BCUT2D eigenvalue weighted by atomic mass is 10.1. The van der Waals surface area contributed by atoms with Gasteiger partial charge in [-0.3, -0.25) is 4.79 Å². The molecular weight excluding hydrogens is 258 g/mol. The Morgan fingerprint density at radius 2 is 2.50 bits per heavy atom. The molecule has 2 atom stereocenters. The smallest absolute Gasteiger partial charge is 0.326 e. The number of aliphatic carboxylic acids is 1. The molecule has 2 rings (SSSR count). The Hall–Kier alpha value is -1.56. The van der Waals surface area contributed by atoms with Gasteiger partial charge < -0.3 is 15.0 Å². The maximum Gasteiger partial charge on any atom is 0.326 e. The number of likely N-dealkylation sites (tertiary alicyclic amines) is 1. The van der Waals surface area contributed by atoms with Gasteiger partial charge in [0, 0.05) is 37.2 Å². The van der Waals surface area contributed by atoms with Crippen molar-refractivity contribution in [1.82, 2.24) is 14.9 Å². The number of rotatable bonds is 5. The number of imidazole rings is 1. The number of alkyl halides is 1. The standard InChI is InChI=1S/C11H14ClN3O3/c12-3-7-1-10(16)15(5-7)9(11(17)18)2-8-4-13-6-14-8/h4,6-7,9H,1-3,5H2,(H,13,14)(H,17,18)/t7?,9-/m0/s1. The molecule has 0 aromatic carbocycles. The number of H-pyrrole nitrogens is 1. The van der Waals surface area contributed by atoms with Crippen molar-refractivity contribution in [2.45, 2.75) is 18.9 Å². The van der Waals surface area contributed by atoms with Crippen molar-refractivity contribution >= 4 is 23.5 Å². The van der Waals surface area contributed by atoms with Gasteiger partial charge in [-0.2, -0.15) is 0 Å². The summed E-state index contributed by atoms with van der Waals surface area (Å²) in [7, 11) is 0. The molecule has 1 fully saturated rings. The molecule has 1 amide bonds. The number of amides is 1. The molecule has 1 aliphatic rings. The summed E-state index contributed by atoms with van der Waals surface area (Å²) in [4.78, 5) is 31.2. The average Bonchev–Trinajstić information content (AvgIpc) is 2.95. The second-order valence-corrected chi connectivity index (χ2v) is 4.71. The van der Waals surface area contributed by atoms with E-state index in [0.29, 0.717) is 24.5 Å². The predicted molar refractivity (Wildman–Crippen MR) is 64.3 cm³/mol. The number of carbonyl (C=O) groups excluding carboxylic acids is 1. The van der Waals surface area contributed by atoms with Crippen LogP contribution >= 0.6 is 11.6 Å². The molecule has 2 heterocycles. The third kappa shape index (κ3) is 2.64. The number of carbonyl (C=O) groups is 2. The molecule has 0 spiro atoms. The zero-order valence-corrected chi connectivity index (χ0v) is 10.4. The molecule has 1 aliphatic heterocycles. The number of aromatic amines is 1. The SMILES string of the molecule is O=C(O)[C@H](Cc1cnc[nH]1)N1CC(CCl)CC1=O. The molecule has 0 saturated carbocycles. The number of nitrogens with zero attached hydrogens (tertiary/aromatic N) is 2. The number of halogens is 1. The van der Waals surface area contributed by atoms with Crippen LogP contribution in [0.25, 0.3) is 0 Å². The number of aromatic nitrogens is 2. The van der Waals surface area contributed by atoms with Crippen LogP contribution in [0.4, 0.5) is 0 Å². The summed E-state index contributed by atoms with van der Waals surface area (Å²) in [5.41, 5.74) is 0.699. The lowest BCUT2D eigenvalue weighted by Gasteiger charge is -2.24. The fraction of sp³-hybridized carbons (Fsp3) is 0.545. The van der Waals surface area contributed by atoms with Gasteiger partial charge >= 0.3 is 5.97 Å². The lowest BCUT2D eigenvalue weighted by molar-refractivity contribution is -0.148. The van der Waals surface area contributed by atoms with E-state index in [-0.39, 0.29) is 18.2 Å². The van der Waals surface area contributed by atoms with Crippen LogP contribution in [-0.4, -0.2) is 50.3 Å². The minimum absolute atomic E-state index is 0.0442. The van der Waals surface area contributed by atoms with Gasteiger partial charge in [-0.1, -0.05) is 0 Å². The molecule has 1 aromatic heterocycles. The Morgan fingerprint density at radius 3 is 3.00 bits per heavy atom. The van der Waals surface area contributed by atoms with Crippen molar-refractivity contribution in [2.75, 3.05) is 12.4 Å². The summed E-state index contributed by atoms with van der Waals surface area (Å²) >= 11 is 5.72. The van der Waals surface area contributed by atoms with Crippen molar-refractivity contribution in [3.05, 3.63) is 18.2 Å². The molecule has 1 saturated heterocycles. The minimum Gasteiger partial charge on any atom is -0.480 e. The topological polar surface area (TPSA) is 86.3 Å². The third-order valence-corrected chi connectivity index (χ3v) is 3.52. The molecule has 0 aliphatic carbocycles. The van der Waals surface area contributed by atoms with Gasteiger partial charge in [0.05, 0.1) is 6.33 Å². The van der Waals surface area contributed by atoms with Gasteiger partial charge in [0.2, 0.25) is 5.91 Å². The second-order valence-electron chi connectivity index (χ2n) is 4.41. The van der Waals surface area contributed by atoms with Crippen molar-refractivity contribution in [1.29, 1.82) is 0 Å². The summed E-state index contributed by atoms with van der Waals surface area (Å²) in [6.45, 7) is 0.410. The van der Waals surface area contributed by atoms with Crippen LogP contribution in [0.3, 0.4) is 0 Å². The monoisotopic (exact) mass is 271 g/mol. The first-order valence-corrected chi connectivity index (χ1v) is 6.20. The highest BCUT2D eigenvalue weighted by Crippen LogP contribution is 2.22. The van der Waals surface area contributed by atoms with E-state index in [1.54, 1.807) is 6.20 Å². The number of nitrogens with one attached hydrogen (secondary N) is 1. The maximum atomic E-state index is 11.8. The largest absolute Gasteiger partial charge is 0.480 e. The molecule has 0 bridgehead atoms. The van der Waals surface area contributed by atoms with E-state index in [1.165, 1.54) is 11.2 Å². The molecule has 1 unspecified atom stereocenters. The maximum absolute atomic E-state index is 11.8. The van der Waals surface area contributed by atoms with Crippen LogP contribution in [-0.2, 0) is 16.0 Å². The lowest BCUT2D eigenvalue weighted by Crippen LogP contribution is -2.43. The van der Waals surface area contributed by atoms with Crippen molar-refractivity contribution in [3.63, 3.8) is 0 Å². The summed E-state index contributed by atoms with van der Waals surface area (Å²) in [6, 6.07) is -0.855. The van der Waals surface area contributed by atoms with E-state index in [4.69, 9.17) is 11.6 Å². The van der Waals surface area contributed by atoms with Crippen LogP contribution in [0.2, 0.25) is 0 Å². The Bertz CT molecular complexity index is 435. The van der Waals surface area contributed by atoms with Crippen molar-refractivity contribution in [3.8, 4) is 0 Å². The van der Waals surface area contributed by atoms with E-state index in [9.17, 15) is 14.7 Å². The van der Waals surface area contributed by atoms with Gasteiger partial charge in [-0.05, 0) is 5.92 Å². The van der Waals surface area contributed by atoms with Crippen LogP contribution < -0.4 is 0 Å². The zero-order chi connectivity index (χ0) is 13.1. The third-order valence-electron chi connectivity index (χ3n) is 3.09. The molecular formula is C11H14ClN3O3. The summed E-state index contributed by atoms with van der Waals surface area (Å²) in [5.74, 6) is -0.734. The van der Waals surface area contributed by atoms with E-state index in [2.05, 4.69) is 9.97 Å². The van der Waals surface area contributed by atoms with Gasteiger partial charge in [-0.25, -0.2) is 9.78 Å². The molecule has 1 aromatic rings. The quantitative estimate of drug-likeness (QED) is 0.763. The Morgan fingerprint density at radius 1 is 1.72 bits per heavy atom. The zero-order valence-electron chi connectivity index (χ0n) is 9.67. The van der Waals surface area contributed by atoms with E-state index < -0.39 is 12.0 Å². The number of carboxylic acids is 1. The number of hydrogen-bond acceptors (Lipinski definition) is 3. The van der Waals surface area contributed by atoms with Gasteiger partial charge in [0.25, 0.3) is 0 Å².